The fourth-order valence-electron chi connectivity index (χ4n) is 4.69. The van der Waals surface area contributed by atoms with Gasteiger partial charge in [0.1, 0.15) is 18.3 Å². The molecule has 10 heteroatoms. The van der Waals surface area contributed by atoms with Gasteiger partial charge in [-0.1, -0.05) is 48.5 Å². The number of carboxylic acids is 1. The van der Waals surface area contributed by atoms with Crippen LogP contribution in [0.25, 0.3) is 11.1 Å². The number of hydrogen-bond donors (Lipinski definition) is 2. The van der Waals surface area contributed by atoms with E-state index < -0.39 is 24.0 Å². The number of carbonyl (C=O) groups excluding carboxylic acids is 2. The number of benzene rings is 2. The second-order valence-corrected chi connectivity index (χ2v) is 9.45. The number of carboxylic acid groups (broad SMARTS) is 1. The lowest BCUT2D eigenvalue weighted by Gasteiger charge is -2.21. The quantitative estimate of drug-likeness (QED) is 0.544. The molecule has 0 bridgehead atoms. The maximum Gasteiger partial charge on any atom is 0.407 e. The highest BCUT2D eigenvalue weighted by Crippen LogP contribution is 2.44. The number of thioether (sulfide) groups is 1. The van der Waals surface area contributed by atoms with E-state index in [4.69, 9.17) is 4.74 Å². The Morgan fingerprint density at radius 1 is 1.11 bits per heavy atom. The number of ether oxygens (including phenoxy) is 1. The minimum absolute atomic E-state index is 0.0321. The van der Waals surface area contributed by atoms with Gasteiger partial charge in [0, 0.05) is 24.3 Å². The molecule has 2 amide bonds. The average Bonchev–Trinajstić information content (AvgIpc) is 3.57. The molecular formula is C25H24N4O5S. The molecule has 3 aromatic rings. The van der Waals surface area contributed by atoms with Crippen molar-refractivity contribution in [1.29, 1.82) is 0 Å². The summed E-state index contributed by atoms with van der Waals surface area (Å²) in [7, 11) is 1.61. The normalized spacial score (nSPS) is 16.6. The van der Waals surface area contributed by atoms with Crippen molar-refractivity contribution in [2.24, 2.45) is 7.05 Å². The number of alkyl carbamates (subject to hydrolysis) is 1. The van der Waals surface area contributed by atoms with E-state index in [0.29, 0.717) is 17.2 Å². The second-order valence-electron chi connectivity index (χ2n) is 8.45. The van der Waals surface area contributed by atoms with Gasteiger partial charge < -0.3 is 20.1 Å². The average molecular weight is 493 g/mol. The summed E-state index contributed by atoms with van der Waals surface area (Å²) in [6, 6.07) is 15.3. The summed E-state index contributed by atoms with van der Waals surface area (Å²) >= 11 is 1.39. The number of hydrogen-bond acceptors (Lipinski definition) is 6. The molecule has 2 N–H and O–H groups in total. The Morgan fingerprint density at radius 3 is 2.43 bits per heavy atom. The highest BCUT2D eigenvalue weighted by molar-refractivity contribution is 7.99. The molecule has 35 heavy (non-hydrogen) atoms. The van der Waals surface area contributed by atoms with Crippen LogP contribution in [0.4, 0.5) is 4.79 Å². The van der Waals surface area contributed by atoms with E-state index >= 15 is 0 Å². The van der Waals surface area contributed by atoms with Crippen LogP contribution < -0.4 is 5.32 Å². The molecule has 0 spiro atoms. The molecule has 1 aromatic heterocycles. The maximum atomic E-state index is 13.1. The van der Waals surface area contributed by atoms with Gasteiger partial charge in [-0.25, -0.2) is 9.59 Å². The van der Waals surface area contributed by atoms with Crippen LogP contribution in [0.3, 0.4) is 0 Å². The van der Waals surface area contributed by atoms with Crippen molar-refractivity contribution in [1.82, 2.24) is 20.0 Å². The first-order chi connectivity index (χ1) is 17.0. The molecule has 2 aromatic carbocycles. The maximum absolute atomic E-state index is 13.1. The topological polar surface area (TPSA) is 114 Å². The van der Waals surface area contributed by atoms with Crippen molar-refractivity contribution in [3.05, 3.63) is 77.1 Å². The molecule has 5 rings (SSSR count). The number of carbonyl (C=O) groups is 3. The minimum Gasteiger partial charge on any atom is -0.480 e. The first kappa shape index (κ1) is 23.0. The van der Waals surface area contributed by atoms with Crippen LogP contribution in [-0.4, -0.2) is 62.0 Å². The zero-order valence-corrected chi connectivity index (χ0v) is 19.8. The molecule has 2 heterocycles. The van der Waals surface area contributed by atoms with Crippen LogP contribution in [0.2, 0.25) is 0 Å². The molecule has 2 aliphatic rings. The molecular weight excluding hydrogens is 468 g/mol. The molecule has 1 aliphatic carbocycles. The van der Waals surface area contributed by atoms with Crippen molar-refractivity contribution < 1.29 is 24.2 Å². The summed E-state index contributed by atoms with van der Waals surface area (Å²) in [5.41, 5.74) is 5.28. The van der Waals surface area contributed by atoms with E-state index in [1.807, 2.05) is 24.3 Å². The van der Waals surface area contributed by atoms with Gasteiger partial charge >= 0.3 is 12.1 Å². The monoisotopic (exact) mass is 492 g/mol. The summed E-state index contributed by atoms with van der Waals surface area (Å²) in [5.74, 6) is -0.883. The van der Waals surface area contributed by atoms with E-state index in [-0.39, 0.29) is 24.8 Å². The highest BCUT2D eigenvalue weighted by atomic mass is 32.2. The number of rotatable bonds is 6. The van der Waals surface area contributed by atoms with Gasteiger partial charge in [-0.15, -0.1) is 11.8 Å². The van der Waals surface area contributed by atoms with Crippen molar-refractivity contribution >= 4 is 29.7 Å². The lowest BCUT2D eigenvalue weighted by Crippen LogP contribution is -2.42. The van der Waals surface area contributed by atoms with Gasteiger partial charge in [0.25, 0.3) is 5.91 Å². The van der Waals surface area contributed by atoms with Gasteiger partial charge in [-0.3, -0.25) is 9.48 Å². The van der Waals surface area contributed by atoms with Crippen molar-refractivity contribution in [2.45, 2.75) is 18.5 Å². The smallest absolute Gasteiger partial charge is 0.407 e. The summed E-state index contributed by atoms with van der Waals surface area (Å²) in [4.78, 5) is 38.5. The van der Waals surface area contributed by atoms with Gasteiger partial charge in [0.05, 0.1) is 18.6 Å². The number of aliphatic carboxylic acids is 1. The summed E-state index contributed by atoms with van der Waals surface area (Å²) in [5, 5.41) is 16.2. The van der Waals surface area contributed by atoms with E-state index in [1.54, 1.807) is 7.05 Å². The third-order valence-electron chi connectivity index (χ3n) is 6.41. The van der Waals surface area contributed by atoms with Gasteiger partial charge in [-0.05, 0) is 22.3 Å². The van der Waals surface area contributed by atoms with Crippen LogP contribution in [0, 0.1) is 0 Å². The standard InChI is InChI=1S/C25H24N4O5S/c1-28-22(23(30)29-14-35-13-21(29)24(31)32)15(11-27-28)10-26-25(33)34-12-20-18-8-4-2-6-16(18)17-7-3-5-9-19(17)20/h2-9,11,20-21H,10,12-14H2,1H3,(H,26,33)(H,31,32). The zero-order chi connectivity index (χ0) is 24.5. The first-order valence-electron chi connectivity index (χ1n) is 11.2. The minimum atomic E-state index is -1.04. The third kappa shape index (κ3) is 4.25. The number of aromatic nitrogens is 2. The number of nitrogens with zero attached hydrogens (tertiary/aromatic N) is 3. The van der Waals surface area contributed by atoms with Gasteiger partial charge in [0.2, 0.25) is 0 Å². The Morgan fingerprint density at radius 2 is 1.77 bits per heavy atom. The fraction of sp³-hybridized carbons (Fsp3) is 0.280. The molecule has 1 saturated heterocycles. The molecule has 1 unspecified atom stereocenters. The molecule has 180 valence electrons. The SMILES string of the molecule is Cn1ncc(CNC(=O)OCC2c3ccccc3-c3ccccc32)c1C(=O)N1CSCC1C(=O)O. The van der Waals surface area contributed by atoms with E-state index in [2.05, 4.69) is 34.7 Å². The van der Waals surface area contributed by atoms with Gasteiger partial charge in [-0.2, -0.15) is 5.10 Å². The largest absolute Gasteiger partial charge is 0.480 e. The molecule has 9 nitrogen and oxygen atoms in total. The van der Waals surface area contributed by atoms with Crippen LogP contribution in [0.1, 0.15) is 33.1 Å². The summed E-state index contributed by atoms with van der Waals surface area (Å²) < 4.78 is 6.96. The summed E-state index contributed by atoms with van der Waals surface area (Å²) in [6.07, 6.45) is 0.893. The summed E-state index contributed by atoms with van der Waals surface area (Å²) in [6.45, 7) is 0.217. The molecule has 1 aliphatic heterocycles. The number of amides is 2. The van der Waals surface area contributed by atoms with Crippen molar-refractivity contribution in [3.8, 4) is 11.1 Å². The Balaban J connectivity index is 1.24. The van der Waals surface area contributed by atoms with E-state index in [9.17, 15) is 19.5 Å². The molecule has 0 radical (unpaired) electrons. The number of fused-ring (bicyclic) bond motifs is 3. The van der Waals surface area contributed by atoms with Crippen LogP contribution >= 0.6 is 11.8 Å². The third-order valence-corrected chi connectivity index (χ3v) is 7.42. The molecule has 1 atom stereocenters. The predicted molar refractivity (Wildman–Crippen MR) is 130 cm³/mol. The lowest BCUT2D eigenvalue weighted by molar-refractivity contribution is -0.140. The number of nitrogens with one attached hydrogen (secondary N) is 1. The Labute approximate surface area is 206 Å². The fourth-order valence-corrected chi connectivity index (χ4v) is 5.83. The van der Waals surface area contributed by atoms with Gasteiger partial charge in [0.15, 0.2) is 0 Å². The highest BCUT2D eigenvalue weighted by Gasteiger charge is 2.37. The molecule has 0 saturated carbocycles. The number of aryl methyl sites for hydroxylation is 1. The van der Waals surface area contributed by atoms with Crippen LogP contribution in [0.5, 0.6) is 0 Å². The predicted octanol–water partition coefficient (Wildman–Crippen LogP) is 3.06. The van der Waals surface area contributed by atoms with E-state index in [1.165, 1.54) is 27.5 Å². The molecule has 1 fully saturated rings. The van der Waals surface area contributed by atoms with Crippen molar-refractivity contribution in [3.63, 3.8) is 0 Å². The van der Waals surface area contributed by atoms with Crippen LogP contribution in [0.15, 0.2) is 54.7 Å². The lowest BCUT2D eigenvalue weighted by atomic mass is 9.98. The zero-order valence-electron chi connectivity index (χ0n) is 19.0. The Hall–Kier alpha value is -3.79. The Kier molecular flexibility index (Phi) is 6.21. The van der Waals surface area contributed by atoms with Crippen molar-refractivity contribution in [2.75, 3.05) is 18.2 Å². The van der Waals surface area contributed by atoms with E-state index in [0.717, 1.165) is 22.3 Å². The first-order valence-corrected chi connectivity index (χ1v) is 12.3. The second kappa shape index (κ2) is 9.46. The van der Waals surface area contributed by atoms with Crippen LogP contribution in [-0.2, 0) is 23.1 Å². The Bertz CT molecular complexity index is 1260.